The first-order valence-electron chi connectivity index (χ1n) is 5.75. The predicted octanol–water partition coefficient (Wildman–Crippen LogP) is 3.76. The molecule has 0 aromatic heterocycles. The van der Waals surface area contributed by atoms with Crippen LogP contribution in [-0.4, -0.2) is 8.42 Å². The smallest absolute Gasteiger partial charge is 0.261 e. The van der Waals surface area contributed by atoms with Gasteiger partial charge in [0.2, 0.25) is 0 Å². The maximum absolute atomic E-state index is 12.2. The lowest BCUT2D eigenvalue weighted by Crippen LogP contribution is -2.13. The van der Waals surface area contributed by atoms with E-state index < -0.39 is 10.0 Å². The van der Waals surface area contributed by atoms with Gasteiger partial charge >= 0.3 is 0 Å². The lowest BCUT2D eigenvalue weighted by molar-refractivity contribution is 0.601. The Hall–Kier alpha value is -1.52. The molecule has 0 radical (unpaired) electrons. The second-order valence-electron chi connectivity index (χ2n) is 4.31. The van der Waals surface area contributed by atoms with Crippen LogP contribution in [0, 0.1) is 13.8 Å². The van der Waals surface area contributed by atoms with E-state index in [1.54, 1.807) is 18.2 Å². The molecule has 0 amide bonds. The Morgan fingerprint density at radius 2 is 1.63 bits per heavy atom. The molecule has 5 heteroatoms. The normalized spacial score (nSPS) is 11.3. The average molecular weight is 296 g/mol. The highest BCUT2D eigenvalue weighted by Gasteiger charge is 2.15. The van der Waals surface area contributed by atoms with E-state index in [4.69, 9.17) is 11.6 Å². The van der Waals surface area contributed by atoms with E-state index in [9.17, 15) is 8.42 Å². The van der Waals surface area contributed by atoms with Crippen LogP contribution in [0.5, 0.6) is 0 Å². The standard InChI is InChI=1S/C14H14ClNO2S/c1-10-4-3-5-14(11(10)2)16-19(17,18)13-8-6-12(15)7-9-13/h3-9,16H,1-2H3. The lowest BCUT2D eigenvalue weighted by Gasteiger charge is -2.12. The van der Waals surface area contributed by atoms with Crippen molar-refractivity contribution in [1.82, 2.24) is 0 Å². The van der Waals surface area contributed by atoms with Gasteiger partial charge in [-0.2, -0.15) is 0 Å². The van der Waals surface area contributed by atoms with Gasteiger partial charge in [-0.3, -0.25) is 4.72 Å². The Balaban J connectivity index is 2.36. The van der Waals surface area contributed by atoms with Crippen molar-refractivity contribution in [1.29, 1.82) is 0 Å². The number of benzene rings is 2. The molecule has 100 valence electrons. The number of halogens is 1. The van der Waals surface area contributed by atoms with Gasteiger partial charge in [-0.1, -0.05) is 23.7 Å². The molecule has 0 saturated heterocycles. The molecule has 2 aromatic rings. The molecule has 0 aliphatic rings. The maximum atomic E-state index is 12.2. The van der Waals surface area contributed by atoms with Gasteiger partial charge in [0.05, 0.1) is 10.6 Å². The summed E-state index contributed by atoms with van der Waals surface area (Å²) in [6.07, 6.45) is 0. The molecule has 1 N–H and O–H groups in total. The maximum Gasteiger partial charge on any atom is 0.261 e. The molecule has 0 atom stereocenters. The molecule has 0 fully saturated rings. The molecule has 0 aliphatic heterocycles. The fourth-order valence-corrected chi connectivity index (χ4v) is 2.93. The lowest BCUT2D eigenvalue weighted by atomic mass is 10.1. The summed E-state index contributed by atoms with van der Waals surface area (Å²) in [6.45, 7) is 3.82. The molecular formula is C14H14ClNO2S. The zero-order valence-electron chi connectivity index (χ0n) is 10.6. The van der Waals surface area contributed by atoms with Gasteiger partial charge < -0.3 is 0 Å². The van der Waals surface area contributed by atoms with E-state index >= 15 is 0 Å². The molecule has 0 unspecified atom stereocenters. The molecule has 0 spiro atoms. The van der Waals surface area contributed by atoms with Crippen LogP contribution in [0.25, 0.3) is 0 Å². The van der Waals surface area contributed by atoms with Crippen LogP contribution in [0.15, 0.2) is 47.4 Å². The molecule has 3 nitrogen and oxygen atoms in total. The summed E-state index contributed by atoms with van der Waals surface area (Å²) in [5, 5.41) is 0.505. The fraction of sp³-hybridized carbons (Fsp3) is 0.143. The van der Waals surface area contributed by atoms with Gasteiger partial charge in [0.15, 0.2) is 0 Å². The second-order valence-corrected chi connectivity index (χ2v) is 6.43. The highest BCUT2D eigenvalue weighted by molar-refractivity contribution is 7.92. The first-order valence-corrected chi connectivity index (χ1v) is 7.61. The van der Waals surface area contributed by atoms with Crippen LogP contribution in [0.2, 0.25) is 5.02 Å². The third kappa shape index (κ3) is 3.08. The highest BCUT2D eigenvalue weighted by Crippen LogP contribution is 2.22. The molecule has 0 aliphatic carbocycles. The van der Waals surface area contributed by atoms with E-state index in [0.29, 0.717) is 10.7 Å². The third-order valence-electron chi connectivity index (χ3n) is 2.97. The summed E-state index contributed by atoms with van der Waals surface area (Å²) in [5.41, 5.74) is 2.55. The summed E-state index contributed by atoms with van der Waals surface area (Å²) in [5.74, 6) is 0. The van der Waals surface area contributed by atoms with Crippen molar-refractivity contribution in [3.63, 3.8) is 0 Å². The fourth-order valence-electron chi connectivity index (χ4n) is 1.68. The Kier molecular flexibility index (Phi) is 3.83. The van der Waals surface area contributed by atoms with Crippen molar-refractivity contribution in [2.24, 2.45) is 0 Å². The minimum atomic E-state index is -3.58. The van der Waals surface area contributed by atoms with E-state index in [1.807, 2.05) is 26.0 Å². The van der Waals surface area contributed by atoms with E-state index in [0.717, 1.165) is 11.1 Å². The Labute approximate surface area is 118 Å². The van der Waals surface area contributed by atoms with Crippen LogP contribution in [0.4, 0.5) is 5.69 Å². The van der Waals surface area contributed by atoms with Gasteiger partial charge in [-0.15, -0.1) is 0 Å². The summed E-state index contributed by atoms with van der Waals surface area (Å²) in [4.78, 5) is 0.192. The summed E-state index contributed by atoms with van der Waals surface area (Å²) < 4.78 is 27.0. The van der Waals surface area contributed by atoms with Gasteiger partial charge in [0.25, 0.3) is 10.0 Å². The highest BCUT2D eigenvalue weighted by atomic mass is 35.5. The first-order chi connectivity index (χ1) is 8.90. The van der Waals surface area contributed by atoms with Crippen molar-refractivity contribution in [3.8, 4) is 0 Å². The molecule has 19 heavy (non-hydrogen) atoms. The summed E-state index contributed by atoms with van der Waals surface area (Å²) >= 11 is 5.75. The van der Waals surface area contributed by atoms with E-state index in [-0.39, 0.29) is 4.90 Å². The first kappa shape index (κ1) is 13.9. The van der Waals surface area contributed by atoms with Crippen molar-refractivity contribution >= 4 is 27.3 Å². The summed E-state index contributed by atoms with van der Waals surface area (Å²) in [7, 11) is -3.58. The van der Waals surface area contributed by atoms with Gasteiger partial charge in [0.1, 0.15) is 0 Å². The zero-order chi connectivity index (χ0) is 14.0. The monoisotopic (exact) mass is 295 g/mol. The number of anilines is 1. The van der Waals surface area contributed by atoms with Crippen LogP contribution in [0.1, 0.15) is 11.1 Å². The second kappa shape index (κ2) is 5.23. The van der Waals surface area contributed by atoms with Gasteiger partial charge in [-0.25, -0.2) is 8.42 Å². The zero-order valence-corrected chi connectivity index (χ0v) is 12.2. The molecule has 0 saturated carbocycles. The van der Waals surface area contributed by atoms with Crippen molar-refractivity contribution in [2.45, 2.75) is 18.7 Å². The Morgan fingerprint density at radius 1 is 1.00 bits per heavy atom. The number of hydrogen-bond donors (Lipinski definition) is 1. The number of sulfonamides is 1. The van der Waals surface area contributed by atoms with E-state index in [1.165, 1.54) is 12.1 Å². The topological polar surface area (TPSA) is 46.2 Å². The quantitative estimate of drug-likeness (QED) is 0.937. The number of nitrogens with one attached hydrogen (secondary N) is 1. The third-order valence-corrected chi connectivity index (χ3v) is 4.61. The molecule has 0 bridgehead atoms. The summed E-state index contributed by atoms with van der Waals surface area (Å²) in [6, 6.07) is 11.6. The number of hydrogen-bond acceptors (Lipinski definition) is 2. The molecular weight excluding hydrogens is 282 g/mol. The molecule has 0 heterocycles. The number of aryl methyl sites for hydroxylation is 1. The van der Waals surface area contributed by atoms with Crippen molar-refractivity contribution in [2.75, 3.05) is 4.72 Å². The van der Waals surface area contributed by atoms with Gasteiger partial charge in [-0.05, 0) is 55.3 Å². The van der Waals surface area contributed by atoms with Crippen LogP contribution < -0.4 is 4.72 Å². The van der Waals surface area contributed by atoms with Crippen LogP contribution in [-0.2, 0) is 10.0 Å². The van der Waals surface area contributed by atoms with Gasteiger partial charge in [0, 0.05) is 5.02 Å². The average Bonchev–Trinajstić information content (AvgIpc) is 2.35. The van der Waals surface area contributed by atoms with Crippen molar-refractivity contribution in [3.05, 3.63) is 58.6 Å². The molecule has 2 rings (SSSR count). The minimum Gasteiger partial charge on any atom is -0.279 e. The number of rotatable bonds is 3. The van der Waals surface area contributed by atoms with Crippen LogP contribution >= 0.6 is 11.6 Å². The molecule has 2 aromatic carbocycles. The van der Waals surface area contributed by atoms with Crippen molar-refractivity contribution < 1.29 is 8.42 Å². The largest absolute Gasteiger partial charge is 0.279 e. The van der Waals surface area contributed by atoms with Crippen LogP contribution in [0.3, 0.4) is 0 Å². The minimum absolute atomic E-state index is 0.192. The predicted molar refractivity (Wildman–Crippen MR) is 78.2 cm³/mol. The SMILES string of the molecule is Cc1cccc(NS(=O)(=O)c2ccc(Cl)cc2)c1C. The van der Waals surface area contributed by atoms with E-state index in [2.05, 4.69) is 4.72 Å². The Bertz CT molecular complexity index is 694. The Morgan fingerprint density at radius 3 is 2.26 bits per heavy atom.